The Kier molecular flexibility index (Phi) is 13.2. The third kappa shape index (κ3) is 10.7. The number of alkyl carbamates (subject to hydrolysis) is 2. The largest absolute Gasteiger partial charge is 0.497 e. The van der Waals surface area contributed by atoms with Crippen molar-refractivity contribution in [3.63, 3.8) is 0 Å². The van der Waals surface area contributed by atoms with Gasteiger partial charge >= 0.3 is 18.2 Å². The molecule has 1 heterocycles. The Morgan fingerprint density at radius 1 is 0.833 bits per heavy atom. The highest BCUT2D eigenvalue weighted by atomic mass is 16.6. The minimum Gasteiger partial charge on any atom is -0.497 e. The van der Waals surface area contributed by atoms with E-state index in [0.29, 0.717) is 5.75 Å². The van der Waals surface area contributed by atoms with E-state index in [1.807, 2.05) is 48.5 Å². The predicted octanol–water partition coefficient (Wildman–Crippen LogP) is 3.36. The molecule has 1 aliphatic heterocycles. The van der Waals surface area contributed by atoms with Crippen LogP contribution in [-0.4, -0.2) is 90.2 Å². The number of carboxylic acid groups (broad SMARTS) is 1. The van der Waals surface area contributed by atoms with E-state index in [1.54, 1.807) is 36.4 Å². The highest BCUT2D eigenvalue weighted by molar-refractivity contribution is 5.93. The fourth-order valence-corrected chi connectivity index (χ4v) is 5.27. The molecule has 1 saturated heterocycles. The fraction of sp³-hybridized carbons (Fsp3) is 0.343. The zero-order chi connectivity index (χ0) is 34.3. The second-order valence-electron chi connectivity index (χ2n) is 11.1. The zero-order valence-electron chi connectivity index (χ0n) is 26.7. The van der Waals surface area contributed by atoms with Crippen LogP contribution < -0.4 is 15.4 Å². The number of nitrogens with one attached hydrogen (secondary N) is 2. The molecule has 0 spiro atoms. The lowest BCUT2D eigenvalue weighted by Crippen LogP contribution is -2.63. The van der Waals surface area contributed by atoms with Crippen LogP contribution >= 0.6 is 0 Å². The van der Waals surface area contributed by atoms with Crippen molar-refractivity contribution < 1.29 is 43.3 Å². The van der Waals surface area contributed by atoms with E-state index >= 15 is 0 Å². The van der Waals surface area contributed by atoms with Crippen molar-refractivity contribution in [2.24, 2.45) is 0 Å². The molecule has 3 aromatic rings. The molecule has 2 atom stereocenters. The van der Waals surface area contributed by atoms with Crippen LogP contribution in [-0.2, 0) is 43.5 Å². The van der Waals surface area contributed by atoms with Crippen molar-refractivity contribution in [3.05, 3.63) is 102 Å². The van der Waals surface area contributed by atoms with Gasteiger partial charge in [0.2, 0.25) is 11.8 Å². The Labute approximate surface area is 278 Å². The second-order valence-corrected chi connectivity index (χ2v) is 11.1. The molecule has 1 fully saturated rings. The van der Waals surface area contributed by atoms with Gasteiger partial charge in [-0.2, -0.15) is 0 Å². The number of hydrogen-bond donors (Lipinski definition) is 3. The minimum absolute atomic E-state index is 0.00510. The van der Waals surface area contributed by atoms with Gasteiger partial charge in [-0.3, -0.25) is 14.4 Å². The van der Waals surface area contributed by atoms with E-state index in [9.17, 15) is 29.1 Å². The summed E-state index contributed by atoms with van der Waals surface area (Å²) in [4.78, 5) is 66.9. The smallest absolute Gasteiger partial charge is 0.408 e. The Balaban J connectivity index is 1.44. The lowest BCUT2D eigenvalue weighted by atomic mass is 10.00. The topological polar surface area (TPSA) is 164 Å². The molecule has 0 bridgehead atoms. The normalized spacial score (nSPS) is 14.9. The average molecular weight is 661 g/mol. The van der Waals surface area contributed by atoms with E-state index in [0.717, 1.165) is 16.7 Å². The van der Waals surface area contributed by atoms with Crippen molar-refractivity contribution >= 4 is 30.0 Å². The Bertz CT molecular complexity index is 1520. The molecule has 1 aliphatic rings. The van der Waals surface area contributed by atoms with Gasteiger partial charge in [0.15, 0.2) is 0 Å². The van der Waals surface area contributed by atoms with Gasteiger partial charge in [-0.1, -0.05) is 72.8 Å². The van der Waals surface area contributed by atoms with Crippen LogP contribution in [0.2, 0.25) is 0 Å². The lowest BCUT2D eigenvalue weighted by Gasteiger charge is -2.41. The number of nitrogens with zero attached hydrogens (tertiary/aromatic N) is 2. The number of carbonyl (C=O) groups excluding carboxylic acids is 4. The van der Waals surface area contributed by atoms with Crippen LogP contribution in [0.5, 0.6) is 5.75 Å². The molecule has 0 aliphatic carbocycles. The summed E-state index contributed by atoms with van der Waals surface area (Å²) in [5.41, 5.74) is 2.32. The van der Waals surface area contributed by atoms with Crippen LogP contribution in [0.25, 0.3) is 0 Å². The molecule has 4 amide bonds. The van der Waals surface area contributed by atoms with Crippen LogP contribution in [0.3, 0.4) is 0 Å². The number of hydrogen-bond acceptors (Lipinski definition) is 8. The first-order chi connectivity index (χ1) is 23.2. The van der Waals surface area contributed by atoms with Gasteiger partial charge in [0, 0.05) is 26.1 Å². The minimum atomic E-state index is -1.18. The number of carbonyl (C=O) groups is 5. The van der Waals surface area contributed by atoms with Gasteiger partial charge in [0.25, 0.3) is 0 Å². The third-order valence-corrected chi connectivity index (χ3v) is 7.73. The monoisotopic (exact) mass is 660 g/mol. The maximum absolute atomic E-state index is 14.1. The first kappa shape index (κ1) is 35.3. The van der Waals surface area contributed by atoms with Crippen LogP contribution in [0.15, 0.2) is 84.9 Å². The highest BCUT2D eigenvalue weighted by Gasteiger charge is 2.40. The third-order valence-electron chi connectivity index (χ3n) is 7.73. The number of rotatable bonds is 15. The number of amides is 4. The van der Waals surface area contributed by atoms with Crippen molar-refractivity contribution in [2.45, 2.75) is 44.6 Å². The molecular formula is C35H40N4O9. The number of methoxy groups -OCH3 is 1. The van der Waals surface area contributed by atoms with E-state index in [2.05, 4.69) is 10.6 Å². The predicted molar refractivity (Wildman–Crippen MR) is 174 cm³/mol. The van der Waals surface area contributed by atoms with Gasteiger partial charge in [0.1, 0.15) is 37.6 Å². The average Bonchev–Trinajstić information content (AvgIpc) is 3.10. The molecule has 48 heavy (non-hydrogen) atoms. The Morgan fingerprint density at radius 2 is 1.44 bits per heavy atom. The lowest BCUT2D eigenvalue weighted by molar-refractivity contribution is -0.156. The van der Waals surface area contributed by atoms with Crippen molar-refractivity contribution in [1.29, 1.82) is 0 Å². The molecule has 0 aromatic heterocycles. The van der Waals surface area contributed by atoms with Gasteiger partial charge in [0.05, 0.1) is 7.11 Å². The van der Waals surface area contributed by atoms with Gasteiger partial charge in [-0.15, -0.1) is 0 Å². The quantitative estimate of drug-likeness (QED) is 0.208. The van der Waals surface area contributed by atoms with Crippen LogP contribution in [0.1, 0.15) is 29.5 Å². The number of benzene rings is 3. The zero-order valence-corrected chi connectivity index (χ0v) is 26.7. The highest BCUT2D eigenvalue weighted by Crippen LogP contribution is 2.20. The maximum atomic E-state index is 14.1. The summed E-state index contributed by atoms with van der Waals surface area (Å²) in [5, 5.41) is 14.7. The Morgan fingerprint density at radius 3 is 2.02 bits per heavy atom. The van der Waals surface area contributed by atoms with E-state index in [4.69, 9.17) is 14.2 Å². The van der Waals surface area contributed by atoms with Crippen molar-refractivity contribution in [1.82, 2.24) is 20.4 Å². The molecule has 13 heteroatoms. The Hall–Kier alpha value is -5.59. The summed E-state index contributed by atoms with van der Waals surface area (Å²) in [6.07, 6.45) is -0.929. The van der Waals surface area contributed by atoms with E-state index < -0.39 is 48.6 Å². The number of carboxylic acids is 1. The summed E-state index contributed by atoms with van der Waals surface area (Å²) < 4.78 is 15.9. The molecule has 254 valence electrons. The van der Waals surface area contributed by atoms with Crippen molar-refractivity contribution in [3.8, 4) is 5.75 Å². The first-order valence-corrected chi connectivity index (χ1v) is 15.6. The molecule has 0 radical (unpaired) electrons. The molecule has 4 rings (SSSR count). The standard InChI is InChI=1S/C35H40N4O9/c1-46-28-16-14-25(15-17-28)21-29(37-35(45)48-24-27-11-6-3-7-12-27)32(42)39-20-19-38(22-31(40)41)33(43)30(39)13-8-18-36-34(44)47-23-26-9-4-2-5-10-26/h2-7,9-12,14-17,29-30H,8,13,18-24H2,1H3,(H,36,44)(H,37,45)(H,40,41). The molecular weight excluding hydrogens is 620 g/mol. The van der Waals surface area contributed by atoms with Gasteiger partial charge < -0.3 is 39.8 Å². The maximum Gasteiger partial charge on any atom is 0.408 e. The van der Waals surface area contributed by atoms with E-state index in [-0.39, 0.29) is 52.1 Å². The molecule has 2 unspecified atom stereocenters. The summed E-state index contributed by atoms with van der Waals surface area (Å²) >= 11 is 0. The summed E-state index contributed by atoms with van der Waals surface area (Å²) in [6.45, 7) is -0.221. The number of piperazine rings is 1. The molecule has 3 N–H and O–H groups in total. The summed E-state index contributed by atoms with van der Waals surface area (Å²) in [5.74, 6) is -1.61. The van der Waals surface area contributed by atoms with Crippen LogP contribution in [0, 0.1) is 0 Å². The van der Waals surface area contributed by atoms with Crippen LogP contribution in [0.4, 0.5) is 9.59 Å². The fourth-order valence-electron chi connectivity index (χ4n) is 5.27. The number of ether oxygens (including phenoxy) is 3. The molecule has 13 nitrogen and oxygen atoms in total. The molecule has 3 aromatic carbocycles. The van der Waals surface area contributed by atoms with Crippen molar-refractivity contribution in [2.75, 3.05) is 33.3 Å². The van der Waals surface area contributed by atoms with Gasteiger partial charge in [-0.25, -0.2) is 9.59 Å². The van der Waals surface area contributed by atoms with E-state index in [1.165, 1.54) is 16.9 Å². The number of aliphatic carboxylic acids is 1. The molecule has 0 saturated carbocycles. The van der Waals surface area contributed by atoms with Gasteiger partial charge in [-0.05, 0) is 41.7 Å². The summed E-state index contributed by atoms with van der Waals surface area (Å²) in [6, 6.07) is 23.2. The summed E-state index contributed by atoms with van der Waals surface area (Å²) in [7, 11) is 1.54. The first-order valence-electron chi connectivity index (χ1n) is 15.6. The second kappa shape index (κ2) is 17.9. The SMILES string of the molecule is COc1ccc(CC(NC(=O)OCc2ccccc2)C(=O)N2CCN(CC(=O)O)C(=O)C2CCCNC(=O)OCc2ccccc2)cc1.